The average molecular weight is 892 g/mol. The van der Waals surface area contributed by atoms with Crippen LogP contribution in [0.15, 0.2) is 255 Å². The topological polar surface area (TPSA) is 21.1 Å². The van der Waals surface area contributed by atoms with Crippen LogP contribution in [0, 0.1) is 6.92 Å². The molecule has 1 aliphatic heterocycles. The van der Waals surface area contributed by atoms with Gasteiger partial charge in [-0.15, -0.1) is 0 Å². The molecule has 328 valence electrons. The van der Waals surface area contributed by atoms with Crippen molar-refractivity contribution >= 4 is 39.0 Å². The fourth-order valence-electron chi connectivity index (χ4n) is 11.7. The third kappa shape index (κ3) is 6.05. The molecule has 14 rings (SSSR count). The van der Waals surface area contributed by atoms with Gasteiger partial charge in [-0.3, -0.25) is 4.90 Å². The monoisotopic (exact) mass is 891 g/mol. The van der Waals surface area contributed by atoms with Crippen molar-refractivity contribution in [3.05, 3.63) is 283 Å². The Bertz CT molecular complexity index is 3890. The van der Waals surface area contributed by atoms with E-state index in [0.29, 0.717) is 0 Å². The summed E-state index contributed by atoms with van der Waals surface area (Å²) >= 11 is 0. The van der Waals surface area contributed by atoms with Crippen molar-refractivity contribution < 1.29 is 0 Å². The first-order valence-electron chi connectivity index (χ1n) is 24.2. The highest BCUT2D eigenvalue weighted by Gasteiger charge is 2.52. The van der Waals surface area contributed by atoms with E-state index in [1.165, 1.54) is 88.7 Å². The maximum absolute atomic E-state index is 5.51. The quantitative estimate of drug-likeness (QED) is 0.166. The number of pyridine rings is 1. The van der Waals surface area contributed by atoms with Gasteiger partial charge in [-0.2, -0.15) is 0 Å². The van der Waals surface area contributed by atoms with E-state index >= 15 is 0 Å². The van der Waals surface area contributed by atoms with E-state index in [9.17, 15) is 0 Å². The van der Waals surface area contributed by atoms with Crippen LogP contribution in [0.3, 0.4) is 0 Å². The number of aromatic nitrogens is 2. The Morgan fingerprint density at radius 3 is 1.59 bits per heavy atom. The molecule has 0 atom stereocenters. The maximum atomic E-state index is 5.51. The first kappa shape index (κ1) is 40.1. The van der Waals surface area contributed by atoms with Gasteiger partial charge in [-0.25, -0.2) is 4.98 Å². The van der Waals surface area contributed by atoms with E-state index in [4.69, 9.17) is 4.98 Å². The summed E-state index contributed by atoms with van der Waals surface area (Å²) in [6, 6.07) is 93.6. The minimum absolute atomic E-state index is 0.585. The molecule has 3 nitrogen and oxygen atoms in total. The van der Waals surface area contributed by atoms with E-state index in [1.807, 2.05) is 0 Å². The lowest BCUT2D eigenvalue weighted by Gasteiger charge is -2.44. The molecule has 2 aliphatic rings. The minimum atomic E-state index is -0.585. The third-order valence-corrected chi connectivity index (χ3v) is 14.9. The van der Waals surface area contributed by atoms with Crippen molar-refractivity contribution in [2.75, 3.05) is 4.90 Å². The normalized spacial score (nSPS) is 13.0. The molecule has 70 heavy (non-hydrogen) atoms. The zero-order valence-electron chi connectivity index (χ0n) is 38.6. The summed E-state index contributed by atoms with van der Waals surface area (Å²) in [4.78, 5) is 7.90. The third-order valence-electron chi connectivity index (χ3n) is 14.9. The predicted molar refractivity (Wildman–Crippen MR) is 291 cm³/mol. The van der Waals surface area contributed by atoms with Crippen LogP contribution < -0.4 is 4.90 Å². The molecule has 2 aromatic heterocycles. The second-order valence-corrected chi connectivity index (χ2v) is 18.8. The Kier molecular flexibility index (Phi) is 9.02. The van der Waals surface area contributed by atoms with Crippen molar-refractivity contribution in [3.63, 3.8) is 0 Å². The van der Waals surface area contributed by atoms with E-state index < -0.39 is 5.41 Å². The molecule has 0 radical (unpaired) electrons. The van der Waals surface area contributed by atoms with Crippen molar-refractivity contribution in [3.8, 4) is 61.5 Å². The summed E-state index contributed by atoms with van der Waals surface area (Å²) in [5.74, 6) is 0.881. The summed E-state index contributed by atoms with van der Waals surface area (Å²) in [7, 11) is 0. The van der Waals surface area contributed by atoms with Crippen molar-refractivity contribution in [1.29, 1.82) is 0 Å². The van der Waals surface area contributed by atoms with Crippen LogP contribution in [0.1, 0.15) is 27.8 Å². The standard InChI is InChI=1S/C67H45N3/c1-44-28-36-52(37-29-44)69-62-25-13-9-21-55(62)56-40-49(35-39-63(56)69)46-30-32-47(33-31-46)50-34-38-54-53-20-8-10-22-57(53)67(60(54)41-50)58-23-11-14-26-64(58)70(65-27-15-12-24-59(65)67)66-43-51(45-16-4-2-5-17-45)42-61(68-66)48-18-6-3-7-19-48/h2-43H,1H3. The molecule has 1 aliphatic carbocycles. The number of hydrogen-bond donors (Lipinski definition) is 0. The molecule has 0 fully saturated rings. The number of para-hydroxylation sites is 3. The van der Waals surface area contributed by atoms with Gasteiger partial charge in [0.05, 0.1) is 33.5 Å². The SMILES string of the molecule is Cc1ccc(-n2c3ccccc3c3cc(-c4ccc(-c5ccc6c(c5)C5(c7ccccc7-6)c6ccccc6N(c6cc(-c7ccccc7)cc(-c7ccccc7)n6)c6ccccc65)cc4)ccc32)cc1. The molecule has 0 amide bonds. The molecule has 1 spiro atoms. The second-order valence-electron chi connectivity index (χ2n) is 18.8. The number of benzene rings is 10. The van der Waals surface area contributed by atoms with Crippen molar-refractivity contribution in [2.24, 2.45) is 0 Å². The van der Waals surface area contributed by atoms with Gasteiger partial charge >= 0.3 is 0 Å². The average Bonchev–Trinajstić information content (AvgIpc) is 3.92. The fraction of sp³-hybridized carbons (Fsp3) is 0.0299. The summed E-state index contributed by atoms with van der Waals surface area (Å²) in [6.07, 6.45) is 0. The number of aryl methyl sites for hydroxylation is 1. The molecule has 0 unspecified atom stereocenters. The molecule has 0 saturated carbocycles. The molecule has 10 aromatic carbocycles. The summed E-state index contributed by atoms with van der Waals surface area (Å²) in [6.45, 7) is 2.14. The molecule has 12 aromatic rings. The van der Waals surface area contributed by atoms with Crippen LogP contribution in [0.25, 0.3) is 83.3 Å². The van der Waals surface area contributed by atoms with Gasteiger partial charge in [-0.1, -0.05) is 200 Å². The second kappa shape index (κ2) is 15.8. The van der Waals surface area contributed by atoms with Crippen LogP contribution in [0.4, 0.5) is 17.2 Å². The largest absolute Gasteiger partial charge is 0.309 e. The van der Waals surface area contributed by atoms with E-state index in [1.54, 1.807) is 0 Å². The summed E-state index contributed by atoms with van der Waals surface area (Å²) in [5.41, 5.74) is 23.2. The lowest BCUT2D eigenvalue weighted by molar-refractivity contribution is 0.751. The highest BCUT2D eigenvalue weighted by Crippen LogP contribution is 2.63. The van der Waals surface area contributed by atoms with E-state index in [-0.39, 0.29) is 0 Å². The molecule has 3 heterocycles. The van der Waals surface area contributed by atoms with Crippen LogP contribution in [-0.2, 0) is 5.41 Å². The smallest absolute Gasteiger partial charge is 0.138 e. The Morgan fingerprint density at radius 1 is 0.343 bits per heavy atom. The molecule has 0 saturated heterocycles. The van der Waals surface area contributed by atoms with Gasteiger partial charge < -0.3 is 4.57 Å². The van der Waals surface area contributed by atoms with Gasteiger partial charge in [0.15, 0.2) is 0 Å². The summed E-state index contributed by atoms with van der Waals surface area (Å²) in [5, 5.41) is 2.51. The molecular formula is C67H45N3. The number of fused-ring (bicyclic) bond motifs is 12. The van der Waals surface area contributed by atoms with Gasteiger partial charge in [-0.05, 0) is 134 Å². The maximum Gasteiger partial charge on any atom is 0.138 e. The van der Waals surface area contributed by atoms with Gasteiger partial charge in [0.2, 0.25) is 0 Å². The minimum Gasteiger partial charge on any atom is -0.309 e. The Labute approximate surface area is 407 Å². The van der Waals surface area contributed by atoms with Crippen LogP contribution in [0.5, 0.6) is 0 Å². The van der Waals surface area contributed by atoms with Gasteiger partial charge in [0.1, 0.15) is 5.82 Å². The van der Waals surface area contributed by atoms with Crippen molar-refractivity contribution in [1.82, 2.24) is 9.55 Å². The molecule has 3 heteroatoms. The van der Waals surface area contributed by atoms with Crippen LogP contribution >= 0.6 is 0 Å². The number of anilines is 3. The first-order chi connectivity index (χ1) is 34.6. The summed E-state index contributed by atoms with van der Waals surface area (Å²) < 4.78 is 2.39. The van der Waals surface area contributed by atoms with E-state index in [0.717, 1.165) is 39.6 Å². The molecule has 0 bridgehead atoms. The Morgan fingerprint density at radius 2 is 0.871 bits per heavy atom. The number of nitrogens with zero attached hydrogens (tertiary/aromatic N) is 3. The lowest BCUT2D eigenvalue weighted by Crippen LogP contribution is -2.36. The highest BCUT2D eigenvalue weighted by atomic mass is 15.2. The van der Waals surface area contributed by atoms with E-state index in [2.05, 4.69) is 271 Å². The van der Waals surface area contributed by atoms with Gasteiger partial charge in [0.25, 0.3) is 0 Å². The zero-order valence-corrected chi connectivity index (χ0v) is 38.6. The number of hydrogen-bond acceptors (Lipinski definition) is 2. The zero-order chi connectivity index (χ0) is 46.3. The number of rotatable bonds is 6. The fourth-order valence-corrected chi connectivity index (χ4v) is 11.7. The lowest BCUT2D eigenvalue weighted by atomic mass is 9.64. The first-order valence-corrected chi connectivity index (χ1v) is 24.2. The highest BCUT2D eigenvalue weighted by molar-refractivity contribution is 6.10. The van der Waals surface area contributed by atoms with Gasteiger partial charge in [0, 0.05) is 22.0 Å². The Balaban J connectivity index is 0.905. The predicted octanol–water partition coefficient (Wildman–Crippen LogP) is 17.3. The van der Waals surface area contributed by atoms with Crippen LogP contribution in [-0.4, -0.2) is 9.55 Å². The molecular weight excluding hydrogens is 847 g/mol. The molecule has 0 N–H and O–H groups in total. The van der Waals surface area contributed by atoms with Crippen LogP contribution in [0.2, 0.25) is 0 Å². The Hall–Kier alpha value is -9.05. The van der Waals surface area contributed by atoms with Crippen molar-refractivity contribution in [2.45, 2.75) is 12.3 Å².